The van der Waals surface area contributed by atoms with Crippen LogP contribution in [0, 0.1) is 0 Å². The number of aromatic nitrogens is 4. The molecule has 0 aliphatic carbocycles. The van der Waals surface area contributed by atoms with E-state index < -0.39 is 0 Å². The third-order valence-corrected chi connectivity index (χ3v) is 2.93. The SMILES string of the molecule is Nc1cnccc1-c1nc(-c2cncs2)no1. The zero-order chi connectivity index (χ0) is 11.7. The minimum atomic E-state index is 0.383. The van der Waals surface area contributed by atoms with Crippen molar-refractivity contribution in [3.63, 3.8) is 0 Å². The maximum absolute atomic E-state index is 5.78. The molecule has 0 aliphatic heterocycles. The molecule has 0 spiro atoms. The first-order valence-corrected chi connectivity index (χ1v) is 5.65. The molecule has 84 valence electrons. The fourth-order valence-corrected chi connectivity index (χ4v) is 1.91. The van der Waals surface area contributed by atoms with Crippen molar-refractivity contribution in [1.29, 1.82) is 0 Å². The predicted octanol–water partition coefficient (Wildman–Crippen LogP) is 1.84. The summed E-state index contributed by atoms with van der Waals surface area (Å²) in [6, 6.07) is 1.74. The van der Waals surface area contributed by atoms with E-state index in [9.17, 15) is 0 Å². The van der Waals surface area contributed by atoms with Gasteiger partial charge >= 0.3 is 0 Å². The van der Waals surface area contributed by atoms with Crippen molar-refractivity contribution in [3.8, 4) is 22.2 Å². The Kier molecular flexibility index (Phi) is 2.30. The number of nitrogen functional groups attached to an aromatic ring is 1. The smallest absolute Gasteiger partial charge is 0.260 e. The Labute approximate surface area is 100 Å². The van der Waals surface area contributed by atoms with E-state index in [4.69, 9.17) is 10.3 Å². The lowest BCUT2D eigenvalue weighted by atomic mass is 10.2. The van der Waals surface area contributed by atoms with Crippen LogP contribution in [0.5, 0.6) is 0 Å². The Balaban J connectivity index is 2.04. The van der Waals surface area contributed by atoms with E-state index >= 15 is 0 Å². The van der Waals surface area contributed by atoms with E-state index in [-0.39, 0.29) is 0 Å². The number of nitrogens with zero attached hydrogens (tertiary/aromatic N) is 4. The average Bonchev–Trinajstić information content (AvgIpc) is 3.00. The lowest BCUT2D eigenvalue weighted by Gasteiger charge is -1.96. The first-order valence-electron chi connectivity index (χ1n) is 4.77. The van der Waals surface area contributed by atoms with Gasteiger partial charge in [-0.2, -0.15) is 4.98 Å². The maximum atomic E-state index is 5.78. The molecule has 3 rings (SSSR count). The molecule has 0 amide bonds. The summed E-state index contributed by atoms with van der Waals surface area (Å²) in [6.45, 7) is 0. The molecule has 0 aliphatic rings. The Morgan fingerprint density at radius 2 is 2.18 bits per heavy atom. The van der Waals surface area contributed by atoms with Crippen LogP contribution in [-0.4, -0.2) is 20.1 Å². The van der Waals surface area contributed by atoms with Crippen molar-refractivity contribution in [2.45, 2.75) is 0 Å². The maximum Gasteiger partial charge on any atom is 0.260 e. The van der Waals surface area contributed by atoms with Gasteiger partial charge in [0.05, 0.1) is 27.8 Å². The van der Waals surface area contributed by atoms with Gasteiger partial charge in [0.15, 0.2) is 0 Å². The van der Waals surface area contributed by atoms with Crippen molar-refractivity contribution in [2.24, 2.45) is 0 Å². The van der Waals surface area contributed by atoms with E-state index in [1.165, 1.54) is 11.3 Å². The lowest BCUT2D eigenvalue weighted by Crippen LogP contribution is -1.90. The van der Waals surface area contributed by atoms with Crippen LogP contribution < -0.4 is 5.73 Å². The number of thiazole rings is 1. The Hall–Kier alpha value is -2.28. The average molecular weight is 245 g/mol. The van der Waals surface area contributed by atoms with Gasteiger partial charge in [0.1, 0.15) is 0 Å². The standard InChI is InChI=1S/C10H7N5OS/c11-7-3-12-2-1-6(7)10-14-9(15-16-10)8-4-13-5-17-8/h1-5H,11H2. The Bertz CT molecular complexity index is 634. The van der Waals surface area contributed by atoms with Crippen LogP contribution in [0.3, 0.4) is 0 Å². The van der Waals surface area contributed by atoms with Crippen LogP contribution in [0.2, 0.25) is 0 Å². The van der Waals surface area contributed by atoms with Crippen molar-refractivity contribution in [2.75, 3.05) is 5.73 Å². The molecule has 0 aromatic carbocycles. The number of anilines is 1. The van der Waals surface area contributed by atoms with E-state index in [0.29, 0.717) is 23.0 Å². The molecule has 0 atom stereocenters. The predicted molar refractivity (Wildman–Crippen MR) is 63.0 cm³/mol. The first-order chi connectivity index (χ1) is 8.34. The third-order valence-electron chi connectivity index (χ3n) is 2.16. The van der Waals surface area contributed by atoms with Crippen LogP contribution in [0.15, 0.2) is 34.7 Å². The van der Waals surface area contributed by atoms with Crippen molar-refractivity contribution < 1.29 is 4.52 Å². The number of rotatable bonds is 2. The monoisotopic (exact) mass is 245 g/mol. The summed E-state index contributed by atoms with van der Waals surface area (Å²) < 4.78 is 5.17. The molecule has 0 saturated carbocycles. The van der Waals surface area contributed by atoms with Gasteiger partial charge in [0.25, 0.3) is 5.89 Å². The minimum absolute atomic E-state index is 0.383. The summed E-state index contributed by atoms with van der Waals surface area (Å²) in [5, 5.41) is 3.88. The highest BCUT2D eigenvalue weighted by molar-refractivity contribution is 7.13. The van der Waals surface area contributed by atoms with Crippen LogP contribution in [-0.2, 0) is 0 Å². The second-order valence-corrected chi connectivity index (χ2v) is 4.14. The number of hydrogen-bond acceptors (Lipinski definition) is 7. The number of nitrogens with two attached hydrogens (primary N) is 1. The summed E-state index contributed by atoms with van der Waals surface area (Å²) in [7, 11) is 0. The molecule has 0 bridgehead atoms. The normalized spacial score (nSPS) is 10.6. The van der Waals surface area contributed by atoms with Gasteiger partial charge < -0.3 is 10.3 Å². The highest BCUT2D eigenvalue weighted by atomic mass is 32.1. The Morgan fingerprint density at radius 1 is 1.24 bits per heavy atom. The molecule has 3 heterocycles. The summed E-state index contributed by atoms with van der Waals surface area (Å²) in [4.78, 5) is 13.0. The zero-order valence-electron chi connectivity index (χ0n) is 8.57. The van der Waals surface area contributed by atoms with Gasteiger partial charge in [0, 0.05) is 12.4 Å². The molecule has 0 fully saturated rings. The van der Waals surface area contributed by atoms with Crippen molar-refractivity contribution in [1.82, 2.24) is 20.1 Å². The molecule has 7 heteroatoms. The van der Waals surface area contributed by atoms with Gasteiger partial charge in [-0.1, -0.05) is 5.16 Å². The molecule has 17 heavy (non-hydrogen) atoms. The molecule has 2 N–H and O–H groups in total. The summed E-state index contributed by atoms with van der Waals surface area (Å²) in [5.74, 6) is 0.895. The minimum Gasteiger partial charge on any atom is -0.397 e. The van der Waals surface area contributed by atoms with E-state index in [1.54, 1.807) is 30.2 Å². The van der Waals surface area contributed by atoms with Gasteiger partial charge in [-0.3, -0.25) is 9.97 Å². The highest BCUT2D eigenvalue weighted by Crippen LogP contribution is 2.26. The quantitative estimate of drug-likeness (QED) is 0.740. The second-order valence-electron chi connectivity index (χ2n) is 3.25. The fraction of sp³-hybridized carbons (Fsp3) is 0. The van der Waals surface area contributed by atoms with Crippen LogP contribution in [0.4, 0.5) is 5.69 Å². The molecule has 0 unspecified atom stereocenters. The van der Waals surface area contributed by atoms with Crippen molar-refractivity contribution in [3.05, 3.63) is 30.2 Å². The van der Waals surface area contributed by atoms with E-state index in [0.717, 1.165) is 4.88 Å². The van der Waals surface area contributed by atoms with Gasteiger partial charge in [-0.05, 0) is 6.07 Å². The molecule has 3 aromatic heterocycles. The van der Waals surface area contributed by atoms with E-state index in [2.05, 4.69) is 20.1 Å². The van der Waals surface area contributed by atoms with E-state index in [1.807, 2.05) is 0 Å². The summed E-state index contributed by atoms with van der Waals surface area (Å²) in [5.41, 5.74) is 8.69. The molecular weight excluding hydrogens is 238 g/mol. The van der Waals surface area contributed by atoms with Crippen molar-refractivity contribution >= 4 is 17.0 Å². The third kappa shape index (κ3) is 1.76. The topological polar surface area (TPSA) is 90.7 Å². The number of hydrogen-bond donors (Lipinski definition) is 1. The lowest BCUT2D eigenvalue weighted by molar-refractivity contribution is 0.432. The number of pyridine rings is 1. The highest BCUT2D eigenvalue weighted by Gasteiger charge is 2.13. The van der Waals surface area contributed by atoms with Crippen LogP contribution >= 0.6 is 11.3 Å². The first kappa shape index (κ1) is 9.91. The largest absolute Gasteiger partial charge is 0.397 e. The van der Waals surface area contributed by atoms with Gasteiger partial charge in [-0.25, -0.2) is 0 Å². The molecule has 6 nitrogen and oxygen atoms in total. The summed E-state index contributed by atoms with van der Waals surface area (Å²) in [6.07, 6.45) is 4.86. The van der Waals surface area contributed by atoms with Gasteiger partial charge in [-0.15, -0.1) is 11.3 Å². The molecule has 3 aromatic rings. The van der Waals surface area contributed by atoms with Crippen LogP contribution in [0.1, 0.15) is 0 Å². The van der Waals surface area contributed by atoms with Gasteiger partial charge in [0.2, 0.25) is 5.82 Å². The second kappa shape index (κ2) is 3.95. The Morgan fingerprint density at radius 3 is 2.94 bits per heavy atom. The molecule has 0 saturated heterocycles. The fourth-order valence-electron chi connectivity index (χ4n) is 1.36. The van der Waals surface area contributed by atoms with Crippen LogP contribution in [0.25, 0.3) is 22.2 Å². The zero-order valence-corrected chi connectivity index (χ0v) is 9.39. The molecule has 0 radical (unpaired) electrons. The molecular formula is C10H7N5OS. The summed E-state index contributed by atoms with van der Waals surface area (Å²) >= 11 is 1.45.